The first kappa shape index (κ1) is 12.8. The molecule has 0 aromatic carbocycles. The minimum absolute atomic E-state index is 0.434. The maximum Gasteiger partial charge on any atom is 0.106 e. The maximum absolute atomic E-state index is 5.76. The van der Waals surface area contributed by atoms with E-state index in [9.17, 15) is 0 Å². The number of anilines is 1. The Kier molecular flexibility index (Phi) is 3.66. The van der Waals surface area contributed by atoms with Crippen LogP contribution in [0.1, 0.15) is 31.2 Å². The fraction of sp³-hybridized carbons (Fsp3) is 0.571. The van der Waals surface area contributed by atoms with Gasteiger partial charge in [0.05, 0.1) is 11.9 Å². The molecular weight excluding hydrogens is 256 g/mol. The molecule has 3 heterocycles. The summed E-state index contributed by atoms with van der Waals surface area (Å²) in [5.74, 6) is 0. The van der Waals surface area contributed by atoms with Crippen LogP contribution in [0.2, 0.25) is 0 Å². The van der Waals surface area contributed by atoms with E-state index in [0.717, 1.165) is 17.3 Å². The second-order valence-electron chi connectivity index (χ2n) is 5.48. The normalized spacial score (nSPS) is 26.9. The van der Waals surface area contributed by atoms with Crippen molar-refractivity contribution in [3.63, 3.8) is 0 Å². The molecule has 5 heteroatoms. The van der Waals surface area contributed by atoms with Gasteiger partial charge < -0.3 is 16.0 Å². The molecule has 0 spiro atoms. The fourth-order valence-electron chi connectivity index (χ4n) is 3.30. The topological polar surface area (TPSA) is 54.2 Å². The molecule has 2 saturated heterocycles. The van der Waals surface area contributed by atoms with Crippen LogP contribution in [-0.4, -0.2) is 40.0 Å². The van der Waals surface area contributed by atoms with Crippen molar-refractivity contribution in [2.45, 2.75) is 37.8 Å². The van der Waals surface area contributed by atoms with Gasteiger partial charge in [0.25, 0.3) is 0 Å². The fourth-order valence-corrected chi connectivity index (χ4v) is 3.48. The van der Waals surface area contributed by atoms with E-state index in [-0.39, 0.29) is 0 Å². The average molecular weight is 276 g/mol. The average Bonchev–Trinajstić information content (AvgIpc) is 2.86. The van der Waals surface area contributed by atoms with Crippen LogP contribution < -0.4 is 11.1 Å². The van der Waals surface area contributed by atoms with E-state index >= 15 is 0 Å². The molecule has 2 aliphatic heterocycles. The molecule has 2 aliphatic rings. The molecule has 19 heavy (non-hydrogen) atoms. The van der Waals surface area contributed by atoms with Gasteiger partial charge in [-0.05, 0) is 38.3 Å². The van der Waals surface area contributed by atoms with Crippen LogP contribution in [0.5, 0.6) is 0 Å². The van der Waals surface area contributed by atoms with E-state index in [4.69, 9.17) is 18.0 Å². The third kappa shape index (κ3) is 2.72. The molecule has 2 unspecified atom stereocenters. The zero-order chi connectivity index (χ0) is 13.2. The van der Waals surface area contributed by atoms with E-state index < -0.39 is 0 Å². The summed E-state index contributed by atoms with van der Waals surface area (Å²) in [5, 5.41) is 3.59. The minimum atomic E-state index is 0.434. The Morgan fingerprint density at radius 3 is 3.16 bits per heavy atom. The van der Waals surface area contributed by atoms with E-state index in [1.54, 1.807) is 6.20 Å². The molecule has 3 N–H and O–H groups in total. The van der Waals surface area contributed by atoms with Crippen molar-refractivity contribution in [1.82, 2.24) is 9.88 Å². The molecule has 2 atom stereocenters. The van der Waals surface area contributed by atoms with Crippen molar-refractivity contribution in [3.8, 4) is 0 Å². The highest BCUT2D eigenvalue weighted by Gasteiger charge is 2.31. The number of fused-ring (bicyclic) bond motifs is 1. The van der Waals surface area contributed by atoms with Gasteiger partial charge in [0, 0.05) is 30.4 Å². The van der Waals surface area contributed by atoms with Gasteiger partial charge in [0.2, 0.25) is 0 Å². The number of nitrogens with two attached hydrogens (primary N) is 1. The van der Waals surface area contributed by atoms with Crippen molar-refractivity contribution < 1.29 is 0 Å². The maximum atomic E-state index is 5.76. The largest absolute Gasteiger partial charge is 0.389 e. The molecule has 102 valence electrons. The van der Waals surface area contributed by atoms with Gasteiger partial charge in [-0.3, -0.25) is 4.98 Å². The summed E-state index contributed by atoms with van der Waals surface area (Å²) in [5.41, 5.74) is 7.64. The van der Waals surface area contributed by atoms with E-state index in [1.165, 1.54) is 38.8 Å². The van der Waals surface area contributed by atoms with Crippen LogP contribution in [0.4, 0.5) is 5.69 Å². The highest BCUT2D eigenvalue weighted by atomic mass is 32.1. The molecule has 1 aromatic rings. The Bertz CT molecular complexity index is 476. The van der Waals surface area contributed by atoms with Crippen LogP contribution in [0.3, 0.4) is 0 Å². The zero-order valence-electron chi connectivity index (χ0n) is 11.0. The Labute approximate surface area is 119 Å². The lowest BCUT2D eigenvalue weighted by atomic mass is 9.97. The van der Waals surface area contributed by atoms with E-state index in [1.807, 2.05) is 12.3 Å². The van der Waals surface area contributed by atoms with Gasteiger partial charge in [0.15, 0.2) is 0 Å². The van der Waals surface area contributed by atoms with Crippen molar-refractivity contribution >= 4 is 22.9 Å². The number of thiocarbonyl (C=S) groups is 1. The van der Waals surface area contributed by atoms with Gasteiger partial charge in [-0.1, -0.05) is 12.2 Å². The second kappa shape index (κ2) is 5.43. The van der Waals surface area contributed by atoms with Crippen molar-refractivity contribution in [3.05, 3.63) is 24.0 Å². The van der Waals surface area contributed by atoms with Gasteiger partial charge in [-0.25, -0.2) is 0 Å². The van der Waals surface area contributed by atoms with Crippen molar-refractivity contribution in [2.24, 2.45) is 5.73 Å². The number of piperidine rings is 1. The van der Waals surface area contributed by atoms with Crippen LogP contribution in [0.25, 0.3) is 0 Å². The van der Waals surface area contributed by atoms with E-state index in [2.05, 4.69) is 15.2 Å². The SMILES string of the molecule is NC(=S)c1ccncc1NC1CCN2CCCC2C1. The van der Waals surface area contributed by atoms with E-state index in [0.29, 0.717) is 11.0 Å². The summed E-state index contributed by atoms with van der Waals surface area (Å²) in [4.78, 5) is 7.23. The van der Waals surface area contributed by atoms with Crippen molar-refractivity contribution in [2.75, 3.05) is 18.4 Å². The molecule has 0 bridgehead atoms. The van der Waals surface area contributed by atoms with Crippen molar-refractivity contribution in [1.29, 1.82) is 0 Å². The summed E-state index contributed by atoms with van der Waals surface area (Å²) in [6.07, 6.45) is 8.65. The first-order chi connectivity index (χ1) is 9.24. The minimum Gasteiger partial charge on any atom is -0.389 e. The number of nitrogens with zero attached hydrogens (tertiary/aromatic N) is 2. The summed E-state index contributed by atoms with van der Waals surface area (Å²) >= 11 is 5.09. The molecule has 0 saturated carbocycles. The first-order valence-corrected chi connectivity index (χ1v) is 7.39. The van der Waals surface area contributed by atoms with Crippen LogP contribution in [0.15, 0.2) is 18.5 Å². The Morgan fingerprint density at radius 1 is 1.42 bits per heavy atom. The lowest BCUT2D eigenvalue weighted by molar-refractivity contribution is 0.188. The smallest absolute Gasteiger partial charge is 0.106 e. The predicted molar refractivity (Wildman–Crippen MR) is 81.4 cm³/mol. The molecule has 4 nitrogen and oxygen atoms in total. The molecule has 1 aromatic heterocycles. The summed E-state index contributed by atoms with van der Waals surface area (Å²) in [6.45, 7) is 2.48. The number of aromatic nitrogens is 1. The van der Waals surface area contributed by atoms with Gasteiger partial charge in [0.1, 0.15) is 4.99 Å². The lowest BCUT2D eigenvalue weighted by Gasteiger charge is -2.35. The van der Waals surface area contributed by atoms with Crippen LogP contribution in [0, 0.1) is 0 Å². The zero-order valence-corrected chi connectivity index (χ0v) is 11.8. The van der Waals surface area contributed by atoms with Gasteiger partial charge in [-0.15, -0.1) is 0 Å². The molecule has 2 fully saturated rings. The Morgan fingerprint density at radius 2 is 2.32 bits per heavy atom. The third-order valence-corrected chi connectivity index (χ3v) is 4.49. The number of rotatable bonds is 3. The lowest BCUT2D eigenvalue weighted by Crippen LogP contribution is -2.43. The summed E-state index contributed by atoms with van der Waals surface area (Å²) < 4.78 is 0. The molecule has 0 aliphatic carbocycles. The standard InChI is InChI=1S/C14H20N4S/c15-14(19)12-3-5-16-9-13(12)17-10-4-7-18-6-1-2-11(18)8-10/h3,5,9-11,17H,1-2,4,6-8H2,(H2,15,19). The molecule has 0 radical (unpaired) electrons. The quantitative estimate of drug-likeness (QED) is 0.824. The summed E-state index contributed by atoms with van der Waals surface area (Å²) in [6, 6.07) is 3.16. The molecule has 3 rings (SSSR count). The summed E-state index contributed by atoms with van der Waals surface area (Å²) in [7, 11) is 0. The first-order valence-electron chi connectivity index (χ1n) is 6.98. The number of hydrogen-bond acceptors (Lipinski definition) is 4. The molecule has 0 amide bonds. The Balaban J connectivity index is 1.70. The number of hydrogen-bond donors (Lipinski definition) is 2. The predicted octanol–water partition coefficient (Wildman–Crippen LogP) is 1.75. The Hall–Kier alpha value is -1.20. The monoisotopic (exact) mass is 276 g/mol. The number of pyridine rings is 1. The van der Waals surface area contributed by atoms with Gasteiger partial charge in [-0.2, -0.15) is 0 Å². The van der Waals surface area contributed by atoms with Gasteiger partial charge >= 0.3 is 0 Å². The number of nitrogens with one attached hydrogen (secondary N) is 1. The highest BCUT2D eigenvalue weighted by Crippen LogP contribution is 2.29. The highest BCUT2D eigenvalue weighted by molar-refractivity contribution is 7.80. The van der Waals surface area contributed by atoms with Crippen LogP contribution in [-0.2, 0) is 0 Å². The van der Waals surface area contributed by atoms with Crippen LogP contribution >= 0.6 is 12.2 Å². The third-order valence-electron chi connectivity index (χ3n) is 4.27. The molecular formula is C14H20N4S. The second-order valence-corrected chi connectivity index (χ2v) is 5.92.